The molecular formula is C25H31N3O9S. The first-order valence-electron chi connectivity index (χ1n) is 12.0. The second kappa shape index (κ2) is 9.93. The van der Waals surface area contributed by atoms with Gasteiger partial charge in [0.05, 0.1) is 51.2 Å². The number of likely N-dealkylation sites (N-methyl/N-ethyl adjacent to an activating group) is 1. The molecule has 206 valence electrons. The lowest BCUT2D eigenvalue weighted by Gasteiger charge is -2.39. The van der Waals surface area contributed by atoms with Crippen molar-refractivity contribution in [3.63, 3.8) is 0 Å². The maximum absolute atomic E-state index is 13.8. The van der Waals surface area contributed by atoms with Gasteiger partial charge in [-0.3, -0.25) is 0 Å². The van der Waals surface area contributed by atoms with E-state index in [0.29, 0.717) is 29.8 Å². The fourth-order valence-corrected chi connectivity index (χ4v) is 7.60. The largest absolute Gasteiger partial charge is 0.497 e. The van der Waals surface area contributed by atoms with Crippen molar-refractivity contribution in [1.82, 2.24) is 4.31 Å². The third-order valence-electron chi connectivity index (χ3n) is 7.38. The number of fused-ring (bicyclic) bond motifs is 1. The normalized spacial score (nSPS) is 23.8. The summed E-state index contributed by atoms with van der Waals surface area (Å²) in [4.78, 5) is 45.5. The van der Waals surface area contributed by atoms with E-state index in [1.807, 2.05) is 6.92 Å². The first-order valence-corrected chi connectivity index (χ1v) is 13.7. The SMILES string of the molecule is CCCCS(=O)(=O)N1C2=NC(C(=O)OC)=C(C(=O)OC)C3N(C)c4ccc(OC)cc4[C@]23CC1C(=O)OC. The van der Waals surface area contributed by atoms with Crippen LogP contribution in [0.3, 0.4) is 0 Å². The standard InChI is InChI=1S/C25H31N3O9S/c1-7-8-11-38(32,33)28-17(21(29)35-4)13-25-15-12-14(34-3)9-10-16(15)27(2)20(25)18(22(30)36-5)19(23(31)37-6)26-24(25)28/h9-10,12,17,20H,7-8,11,13H2,1-6H3/t17?,20?,25-/m0/s1. The van der Waals surface area contributed by atoms with E-state index in [-0.39, 0.29) is 29.3 Å². The summed E-state index contributed by atoms with van der Waals surface area (Å²) in [6.45, 7) is 1.85. The summed E-state index contributed by atoms with van der Waals surface area (Å²) >= 11 is 0. The highest BCUT2D eigenvalue weighted by molar-refractivity contribution is 7.89. The van der Waals surface area contributed by atoms with Gasteiger partial charge in [0.2, 0.25) is 10.0 Å². The summed E-state index contributed by atoms with van der Waals surface area (Å²) < 4.78 is 49.0. The van der Waals surface area contributed by atoms with E-state index in [0.717, 1.165) is 11.4 Å². The van der Waals surface area contributed by atoms with Gasteiger partial charge in [0.15, 0.2) is 5.70 Å². The average Bonchev–Trinajstić information content (AvgIpc) is 3.41. The van der Waals surface area contributed by atoms with E-state index in [1.54, 1.807) is 30.1 Å². The number of carbonyl (C=O) groups excluding carboxylic acids is 3. The highest BCUT2D eigenvalue weighted by Crippen LogP contribution is 2.58. The number of carbonyl (C=O) groups is 3. The molecule has 3 aliphatic rings. The molecule has 0 saturated carbocycles. The van der Waals surface area contributed by atoms with Crippen molar-refractivity contribution >= 4 is 39.5 Å². The van der Waals surface area contributed by atoms with E-state index in [2.05, 4.69) is 4.99 Å². The third kappa shape index (κ3) is 3.82. The van der Waals surface area contributed by atoms with Crippen LogP contribution in [-0.4, -0.2) is 89.8 Å². The Morgan fingerprint density at radius 2 is 1.76 bits per heavy atom. The Morgan fingerprint density at radius 3 is 2.34 bits per heavy atom. The zero-order valence-corrected chi connectivity index (χ0v) is 23.0. The van der Waals surface area contributed by atoms with Crippen molar-refractivity contribution in [2.45, 2.75) is 43.7 Å². The van der Waals surface area contributed by atoms with Gasteiger partial charge in [-0.05, 0) is 36.6 Å². The number of esters is 3. The summed E-state index contributed by atoms with van der Waals surface area (Å²) in [6, 6.07) is 3.00. The van der Waals surface area contributed by atoms with Crippen LogP contribution in [0.25, 0.3) is 0 Å². The van der Waals surface area contributed by atoms with Crippen LogP contribution in [-0.2, 0) is 44.0 Å². The van der Waals surface area contributed by atoms with Gasteiger partial charge in [-0.1, -0.05) is 13.3 Å². The van der Waals surface area contributed by atoms with Crippen LogP contribution in [0.1, 0.15) is 31.7 Å². The van der Waals surface area contributed by atoms with Gasteiger partial charge < -0.3 is 23.8 Å². The Balaban J connectivity index is 2.13. The van der Waals surface area contributed by atoms with Crippen LogP contribution >= 0.6 is 0 Å². The number of methoxy groups -OCH3 is 4. The molecule has 0 aliphatic carbocycles. The lowest BCUT2D eigenvalue weighted by molar-refractivity contribution is -0.144. The first-order chi connectivity index (χ1) is 18.0. The maximum Gasteiger partial charge on any atom is 0.357 e. The summed E-state index contributed by atoms with van der Waals surface area (Å²) in [5.74, 6) is -2.38. The number of unbranched alkanes of at least 4 members (excludes halogenated alkanes) is 1. The maximum atomic E-state index is 13.8. The van der Waals surface area contributed by atoms with Crippen molar-refractivity contribution in [2.24, 2.45) is 4.99 Å². The molecule has 38 heavy (non-hydrogen) atoms. The second-order valence-electron chi connectivity index (χ2n) is 9.26. The van der Waals surface area contributed by atoms with Crippen LogP contribution in [0.2, 0.25) is 0 Å². The van der Waals surface area contributed by atoms with Gasteiger partial charge in [0, 0.05) is 12.7 Å². The molecular weight excluding hydrogens is 518 g/mol. The van der Waals surface area contributed by atoms with Gasteiger partial charge in [-0.2, -0.15) is 0 Å². The average molecular weight is 550 g/mol. The van der Waals surface area contributed by atoms with E-state index in [4.69, 9.17) is 18.9 Å². The highest BCUT2D eigenvalue weighted by atomic mass is 32.2. The molecule has 0 bridgehead atoms. The number of ether oxygens (including phenoxy) is 4. The molecule has 1 aromatic rings. The number of benzene rings is 1. The van der Waals surface area contributed by atoms with E-state index >= 15 is 0 Å². The zero-order valence-electron chi connectivity index (χ0n) is 22.1. The molecule has 0 aromatic heterocycles. The molecule has 3 heterocycles. The predicted molar refractivity (Wildman–Crippen MR) is 136 cm³/mol. The highest BCUT2D eigenvalue weighted by Gasteiger charge is 2.68. The van der Waals surface area contributed by atoms with Crippen LogP contribution < -0.4 is 9.64 Å². The van der Waals surface area contributed by atoms with Crippen LogP contribution in [0.4, 0.5) is 5.69 Å². The Bertz CT molecular complexity index is 1350. The monoisotopic (exact) mass is 549 g/mol. The van der Waals surface area contributed by atoms with Crippen LogP contribution in [0.5, 0.6) is 5.75 Å². The molecule has 1 fully saturated rings. The smallest absolute Gasteiger partial charge is 0.357 e. The molecule has 12 nitrogen and oxygen atoms in total. The lowest BCUT2D eigenvalue weighted by Crippen LogP contribution is -2.55. The summed E-state index contributed by atoms with van der Waals surface area (Å²) in [5.41, 5.74) is -0.583. The van der Waals surface area contributed by atoms with Crippen LogP contribution in [0, 0.1) is 0 Å². The second-order valence-corrected chi connectivity index (χ2v) is 11.2. The molecule has 0 radical (unpaired) electrons. The minimum atomic E-state index is -4.11. The van der Waals surface area contributed by atoms with Crippen molar-refractivity contribution in [2.75, 3.05) is 46.1 Å². The first kappa shape index (κ1) is 27.4. The fourth-order valence-electron chi connectivity index (χ4n) is 5.73. The molecule has 1 aromatic carbocycles. The summed E-state index contributed by atoms with van der Waals surface area (Å²) in [6.07, 6.45) is 0.848. The van der Waals surface area contributed by atoms with E-state index in [9.17, 15) is 22.8 Å². The minimum absolute atomic E-state index is 0.0547. The minimum Gasteiger partial charge on any atom is -0.497 e. The number of anilines is 1. The van der Waals surface area contributed by atoms with Crippen LogP contribution in [0.15, 0.2) is 34.5 Å². The van der Waals surface area contributed by atoms with Gasteiger partial charge in [0.1, 0.15) is 17.6 Å². The Morgan fingerprint density at radius 1 is 1.08 bits per heavy atom. The molecule has 13 heteroatoms. The molecule has 4 rings (SSSR count). The number of nitrogens with zero attached hydrogens (tertiary/aromatic N) is 3. The fraction of sp³-hybridized carbons (Fsp3) is 0.520. The topological polar surface area (TPSA) is 141 Å². The molecule has 0 N–H and O–H groups in total. The molecule has 3 atom stereocenters. The molecule has 2 unspecified atom stereocenters. The predicted octanol–water partition coefficient (Wildman–Crippen LogP) is 1.14. The quantitative estimate of drug-likeness (QED) is 0.342. The number of hydrogen-bond donors (Lipinski definition) is 0. The summed E-state index contributed by atoms with van der Waals surface area (Å²) in [5, 5.41) is 0. The van der Waals surface area contributed by atoms with Crippen molar-refractivity contribution in [1.29, 1.82) is 0 Å². The number of rotatable bonds is 8. The Labute approximate surface area is 221 Å². The van der Waals surface area contributed by atoms with E-state index < -0.39 is 45.4 Å². The Hall–Kier alpha value is -3.61. The van der Waals surface area contributed by atoms with Gasteiger partial charge >= 0.3 is 17.9 Å². The molecule has 0 amide bonds. The van der Waals surface area contributed by atoms with E-state index in [1.165, 1.54) is 21.3 Å². The van der Waals surface area contributed by atoms with Gasteiger partial charge in [-0.15, -0.1) is 0 Å². The van der Waals surface area contributed by atoms with Gasteiger partial charge in [0.25, 0.3) is 0 Å². The molecule has 1 spiro atoms. The number of aliphatic imine (C=N–C) groups is 1. The Kier molecular flexibility index (Phi) is 7.17. The number of amidine groups is 1. The zero-order chi connectivity index (χ0) is 28.0. The van der Waals surface area contributed by atoms with Crippen molar-refractivity contribution in [3.05, 3.63) is 35.0 Å². The molecule has 1 saturated heterocycles. The lowest BCUT2D eigenvalue weighted by atomic mass is 9.69. The molecule has 3 aliphatic heterocycles. The van der Waals surface area contributed by atoms with Crippen molar-refractivity contribution < 1.29 is 41.7 Å². The van der Waals surface area contributed by atoms with Gasteiger partial charge in [-0.25, -0.2) is 32.1 Å². The van der Waals surface area contributed by atoms with Crippen molar-refractivity contribution in [3.8, 4) is 5.75 Å². The third-order valence-corrected chi connectivity index (χ3v) is 9.22. The number of sulfonamides is 1. The summed E-state index contributed by atoms with van der Waals surface area (Å²) in [7, 11) is 2.58. The number of hydrogen-bond acceptors (Lipinski definition) is 11.